The van der Waals surface area contributed by atoms with E-state index in [1.165, 1.54) is 135 Å². The van der Waals surface area contributed by atoms with Crippen LogP contribution in [0, 0.1) is 11.8 Å². The van der Waals surface area contributed by atoms with Crippen molar-refractivity contribution < 1.29 is 0 Å². The molecule has 0 heteroatoms. The van der Waals surface area contributed by atoms with Crippen LogP contribution in [0.2, 0.25) is 0 Å². The molecule has 0 aromatic heterocycles. The van der Waals surface area contributed by atoms with Gasteiger partial charge in [-0.05, 0) is 11.8 Å². The van der Waals surface area contributed by atoms with Crippen LogP contribution >= 0.6 is 0 Å². The van der Waals surface area contributed by atoms with Crippen LogP contribution in [0.25, 0.3) is 0 Å². The Hall–Kier alpha value is 0. The maximum Gasteiger partial charge on any atom is -0.0386 e. The molecule has 0 amide bonds. The molecule has 2 atom stereocenters. The summed E-state index contributed by atoms with van der Waals surface area (Å²) in [5.74, 6) is 2.03. The van der Waals surface area contributed by atoms with Gasteiger partial charge in [0.25, 0.3) is 0 Å². The first kappa shape index (κ1) is 27.0. The summed E-state index contributed by atoms with van der Waals surface area (Å²) >= 11 is 0. The van der Waals surface area contributed by atoms with Gasteiger partial charge in [0.15, 0.2) is 0 Å². The molecule has 0 saturated heterocycles. The van der Waals surface area contributed by atoms with Gasteiger partial charge in [-0.1, -0.05) is 163 Å². The molecule has 0 nitrogen and oxygen atoms in total. The number of unbranched alkanes of at least 4 members (excludes halogenated alkanes) is 14. The zero-order chi connectivity index (χ0) is 20.0. The van der Waals surface area contributed by atoms with Crippen LogP contribution in [-0.2, 0) is 0 Å². The van der Waals surface area contributed by atoms with Crippen molar-refractivity contribution in [1.29, 1.82) is 0 Å². The fourth-order valence-electron chi connectivity index (χ4n) is 4.84. The molecular formula is C27H56. The molecule has 0 aromatic carbocycles. The van der Waals surface area contributed by atoms with E-state index in [0.717, 1.165) is 11.8 Å². The number of hydrogen-bond donors (Lipinski definition) is 0. The topological polar surface area (TPSA) is 0 Å². The standard InChI is InChI=1S/C27H56/c1-5-9-11-13-15-17-19-21-24-26(8-4)27(23-7-3)25-22-20-18-16-14-12-10-6-2/h26-27H,5-25H2,1-4H3. The van der Waals surface area contributed by atoms with E-state index in [1.807, 2.05) is 0 Å². The molecule has 27 heavy (non-hydrogen) atoms. The summed E-state index contributed by atoms with van der Waals surface area (Å²) in [5.41, 5.74) is 0. The predicted octanol–water partition coefficient (Wildman–Crippen LogP) is 10.5. The van der Waals surface area contributed by atoms with Gasteiger partial charge in [-0.15, -0.1) is 0 Å². The monoisotopic (exact) mass is 380 g/mol. The maximum atomic E-state index is 2.45. The lowest BCUT2D eigenvalue weighted by molar-refractivity contribution is 0.253. The molecule has 0 aromatic rings. The number of hydrogen-bond acceptors (Lipinski definition) is 0. The van der Waals surface area contributed by atoms with Gasteiger partial charge in [-0.3, -0.25) is 0 Å². The van der Waals surface area contributed by atoms with Gasteiger partial charge in [0, 0.05) is 0 Å². The lowest BCUT2D eigenvalue weighted by Crippen LogP contribution is -2.14. The van der Waals surface area contributed by atoms with Gasteiger partial charge in [0.2, 0.25) is 0 Å². The third-order valence-electron chi connectivity index (χ3n) is 6.71. The van der Waals surface area contributed by atoms with Crippen LogP contribution in [0.3, 0.4) is 0 Å². The first-order chi connectivity index (χ1) is 13.3. The fourth-order valence-corrected chi connectivity index (χ4v) is 4.84. The summed E-state index contributed by atoms with van der Waals surface area (Å²) in [6, 6.07) is 0. The molecular weight excluding hydrogens is 324 g/mol. The Bertz CT molecular complexity index is 257. The van der Waals surface area contributed by atoms with Gasteiger partial charge in [0.1, 0.15) is 0 Å². The third-order valence-corrected chi connectivity index (χ3v) is 6.71. The maximum absolute atomic E-state index is 2.45. The smallest absolute Gasteiger partial charge is 0.0386 e. The van der Waals surface area contributed by atoms with Crippen molar-refractivity contribution >= 4 is 0 Å². The zero-order valence-corrected chi connectivity index (χ0v) is 20.0. The Labute approximate surface area is 174 Å². The second-order valence-corrected chi connectivity index (χ2v) is 9.24. The van der Waals surface area contributed by atoms with Crippen molar-refractivity contribution in [2.75, 3.05) is 0 Å². The normalized spacial score (nSPS) is 13.8. The minimum Gasteiger partial charge on any atom is -0.0654 e. The summed E-state index contributed by atoms with van der Waals surface area (Å²) in [7, 11) is 0. The summed E-state index contributed by atoms with van der Waals surface area (Å²) < 4.78 is 0. The summed E-state index contributed by atoms with van der Waals surface area (Å²) in [4.78, 5) is 0. The summed E-state index contributed by atoms with van der Waals surface area (Å²) in [6.07, 6.45) is 30.7. The van der Waals surface area contributed by atoms with E-state index in [4.69, 9.17) is 0 Å². The minimum atomic E-state index is 1.01. The summed E-state index contributed by atoms with van der Waals surface area (Å²) in [6.45, 7) is 9.46. The van der Waals surface area contributed by atoms with Gasteiger partial charge >= 0.3 is 0 Å². The highest BCUT2D eigenvalue weighted by Crippen LogP contribution is 2.31. The predicted molar refractivity (Wildman–Crippen MR) is 127 cm³/mol. The molecule has 164 valence electrons. The van der Waals surface area contributed by atoms with E-state index in [1.54, 1.807) is 0 Å². The van der Waals surface area contributed by atoms with Crippen molar-refractivity contribution in [2.45, 2.75) is 163 Å². The Kier molecular flexibility index (Phi) is 22.3. The van der Waals surface area contributed by atoms with Crippen LogP contribution in [-0.4, -0.2) is 0 Å². The van der Waals surface area contributed by atoms with E-state index in [9.17, 15) is 0 Å². The van der Waals surface area contributed by atoms with E-state index in [0.29, 0.717) is 0 Å². The molecule has 0 bridgehead atoms. The van der Waals surface area contributed by atoms with E-state index in [2.05, 4.69) is 27.7 Å². The molecule has 2 unspecified atom stereocenters. The van der Waals surface area contributed by atoms with Gasteiger partial charge in [-0.25, -0.2) is 0 Å². The second-order valence-electron chi connectivity index (χ2n) is 9.24. The average molecular weight is 381 g/mol. The zero-order valence-electron chi connectivity index (χ0n) is 20.0. The van der Waals surface area contributed by atoms with Crippen molar-refractivity contribution in [3.05, 3.63) is 0 Å². The number of rotatable bonds is 22. The van der Waals surface area contributed by atoms with Crippen molar-refractivity contribution in [1.82, 2.24) is 0 Å². The van der Waals surface area contributed by atoms with Gasteiger partial charge in [-0.2, -0.15) is 0 Å². The molecule has 0 rings (SSSR count). The Morgan fingerprint density at radius 1 is 0.333 bits per heavy atom. The average Bonchev–Trinajstić information content (AvgIpc) is 2.68. The van der Waals surface area contributed by atoms with Crippen LogP contribution in [0.5, 0.6) is 0 Å². The third kappa shape index (κ3) is 17.8. The largest absolute Gasteiger partial charge is 0.0654 e. The first-order valence-corrected chi connectivity index (χ1v) is 13.3. The fraction of sp³-hybridized carbons (Fsp3) is 1.00. The molecule has 0 aliphatic rings. The van der Waals surface area contributed by atoms with E-state index < -0.39 is 0 Å². The van der Waals surface area contributed by atoms with Crippen molar-refractivity contribution in [3.8, 4) is 0 Å². The lowest BCUT2D eigenvalue weighted by Gasteiger charge is -2.26. The summed E-state index contributed by atoms with van der Waals surface area (Å²) in [5, 5.41) is 0. The van der Waals surface area contributed by atoms with E-state index in [-0.39, 0.29) is 0 Å². The highest BCUT2D eigenvalue weighted by molar-refractivity contribution is 4.70. The SMILES string of the molecule is CCCCCCCCCCC(CC)C(CCC)CCCCCCCCCC. The minimum absolute atomic E-state index is 1.01. The second kappa shape index (κ2) is 22.3. The van der Waals surface area contributed by atoms with Crippen molar-refractivity contribution in [3.63, 3.8) is 0 Å². The molecule has 0 fully saturated rings. The van der Waals surface area contributed by atoms with Crippen LogP contribution < -0.4 is 0 Å². The highest BCUT2D eigenvalue weighted by atomic mass is 14.2. The van der Waals surface area contributed by atoms with Gasteiger partial charge in [0.05, 0.1) is 0 Å². The Balaban J connectivity index is 3.82. The lowest BCUT2D eigenvalue weighted by atomic mass is 9.80. The van der Waals surface area contributed by atoms with Crippen LogP contribution in [0.4, 0.5) is 0 Å². The molecule has 0 spiro atoms. The first-order valence-electron chi connectivity index (χ1n) is 13.3. The Morgan fingerprint density at radius 3 is 1.07 bits per heavy atom. The highest BCUT2D eigenvalue weighted by Gasteiger charge is 2.18. The molecule has 0 aliphatic heterocycles. The van der Waals surface area contributed by atoms with E-state index >= 15 is 0 Å². The molecule has 0 saturated carbocycles. The molecule has 0 N–H and O–H groups in total. The van der Waals surface area contributed by atoms with Crippen molar-refractivity contribution in [2.24, 2.45) is 11.8 Å². The van der Waals surface area contributed by atoms with Crippen LogP contribution in [0.1, 0.15) is 163 Å². The molecule has 0 aliphatic carbocycles. The quantitative estimate of drug-likeness (QED) is 0.164. The van der Waals surface area contributed by atoms with Crippen LogP contribution in [0.15, 0.2) is 0 Å². The Morgan fingerprint density at radius 2 is 0.704 bits per heavy atom. The molecule has 0 heterocycles. The molecule has 0 radical (unpaired) electrons. The van der Waals surface area contributed by atoms with Gasteiger partial charge < -0.3 is 0 Å².